The van der Waals surface area contributed by atoms with Gasteiger partial charge >= 0.3 is 5.97 Å². The average Bonchev–Trinajstić information content (AvgIpc) is 2.38. The maximum absolute atomic E-state index is 11.3. The molecule has 1 aromatic carbocycles. The van der Waals surface area contributed by atoms with Gasteiger partial charge in [-0.15, -0.1) is 0 Å². The largest absolute Gasteiger partial charge is 0.466 e. The number of hydrogen-bond donors (Lipinski definition) is 0. The van der Waals surface area contributed by atoms with E-state index in [1.165, 1.54) is 6.07 Å². The van der Waals surface area contributed by atoms with E-state index in [0.717, 1.165) is 0 Å². The van der Waals surface area contributed by atoms with Crippen LogP contribution in [-0.4, -0.2) is 36.0 Å². The van der Waals surface area contributed by atoms with Gasteiger partial charge in [-0.1, -0.05) is 15.9 Å². The van der Waals surface area contributed by atoms with Crippen LogP contribution in [0.3, 0.4) is 0 Å². The number of benzene rings is 1. The van der Waals surface area contributed by atoms with E-state index in [1.807, 2.05) is 11.9 Å². The van der Waals surface area contributed by atoms with E-state index in [9.17, 15) is 14.9 Å². The third kappa shape index (κ3) is 5.26. The SMILES string of the molecule is CCOC(=O)CCN(C)Cc1ccc(Br)cc1[N+](=O)[O-]. The highest BCUT2D eigenvalue weighted by Gasteiger charge is 2.16. The van der Waals surface area contributed by atoms with Crippen molar-refractivity contribution in [1.29, 1.82) is 0 Å². The zero-order valence-corrected chi connectivity index (χ0v) is 13.1. The Hall–Kier alpha value is -1.47. The van der Waals surface area contributed by atoms with Crippen molar-refractivity contribution in [2.24, 2.45) is 0 Å². The first kappa shape index (κ1) is 16.6. The standard InChI is InChI=1S/C13H17BrN2O4/c1-3-20-13(17)6-7-15(2)9-10-4-5-11(14)8-12(10)16(18)19/h4-5,8H,3,6-7,9H2,1-2H3. The number of nitrogens with zero attached hydrogens (tertiary/aromatic N) is 2. The molecule has 0 aromatic heterocycles. The fourth-order valence-corrected chi connectivity index (χ4v) is 2.07. The van der Waals surface area contributed by atoms with Gasteiger partial charge < -0.3 is 9.64 Å². The molecular weight excluding hydrogens is 328 g/mol. The van der Waals surface area contributed by atoms with Crippen LogP contribution in [0.15, 0.2) is 22.7 Å². The molecule has 0 N–H and O–H groups in total. The normalized spacial score (nSPS) is 10.6. The maximum Gasteiger partial charge on any atom is 0.307 e. The van der Waals surface area contributed by atoms with Crippen molar-refractivity contribution in [3.05, 3.63) is 38.3 Å². The Labute approximate surface area is 126 Å². The Bertz CT molecular complexity index is 493. The van der Waals surface area contributed by atoms with Gasteiger partial charge in [0.25, 0.3) is 5.69 Å². The lowest BCUT2D eigenvalue weighted by molar-refractivity contribution is -0.385. The molecule has 0 saturated carbocycles. The Morgan fingerprint density at radius 3 is 2.80 bits per heavy atom. The Morgan fingerprint density at radius 2 is 2.20 bits per heavy atom. The Kier molecular flexibility index (Phi) is 6.60. The van der Waals surface area contributed by atoms with Crippen molar-refractivity contribution < 1.29 is 14.5 Å². The second-order valence-corrected chi connectivity index (χ2v) is 5.24. The average molecular weight is 345 g/mol. The molecule has 0 spiro atoms. The monoisotopic (exact) mass is 344 g/mol. The molecule has 0 radical (unpaired) electrons. The fraction of sp³-hybridized carbons (Fsp3) is 0.462. The molecule has 0 amide bonds. The second-order valence-electron chi connectivity index (χ2n) is 4.32. The number of rotatable bonds is 7. The molecule has 0 heterocycles. The van der Waals surface area contributed by atoms with Crippen molar-refractivity contribution in [2.45, 2.75) is 19.9 Å². The number of carbonyl (C=O) groups excluding carboxylic acids is 1. The summed E-state index contributed by atoms with van der Waals surface area (Å²) in [5.41, 5.74) is 0.687. The number of esters is 1. The zero-order chi connectivity index (χ0) is 15.1. The smallest absolute Gasteiger partial charge is 0.307 e. The highest BCUT2D eigenvalue weighted by molar-refractivity contribution is 9.10. The minimum atomic E-state index is -0.403. The molecule has 1 aromatic rings. The lowest BCUT2D eigenvalue weighted by atomic mass is 10.1. The lowest BCUT2D eigenvalue weighted by Gasteiger charge is -2.16. The van der Waals surface area contributed by atoms with E-state index >= 15 is 0 Å². The van der Waals surface area contributed by atoms with Gasteiger partial charge in [0, 0.05) is 29.2 Å². The van der Waals surface area contributed by atoms with E-state index in [4.69, 9.17) is 4.74 Å². The van der Waals surface area contributed by atoms with Gasteiger partial charge in [-0.05, 0) is 26.1 Å². The minimum Gasteiger partial charge on any atom is -0.466 e. The number of nitro benzene ring substituents is 1. The van der Waals surface area contributed by atoms with Crippen molar-refractivity contribution in [3.63, 3.8) is 0 Å². The van der Waals surface area contributed by atoms with Crippen LogP contribution < -0.4 is 0 Å². The van der Waals surface area contributed by atoms with Gasteiger partial charge in [-0.2, -0.15) is 0 Å². The lowest BCUT2D eigenvalue weighted by Crippen LogP contribution is -2.22. The summed E-state index contributed by atoms with van der Waals surface area (Å²) in [6.45, 7) is 3.02. The molecule has 0 aliphatic rings. The van der Waals surface area contributed by atoms with Gasteiger partial charge in [0.05, 0.1) is 18.0 Å². The predicted molar refractivity (Wildman–Crippen MR) is 78.4 cm³/mol. The van der Waals surface area contributed by atoms with Crippen LogP contribution >= 0.6 is 15.9 Å². The van der Waals surface area contributed by atoms with Gasteiger partial charge in [0.1, 0.15) is 0 Å². The van der Waals surface area contributed by atoms with Gasteiger partial charge in [0.2, 0.25) is 0 Å². The highest BCUT2D eigenvalue weighted by Crippen LogP contribution is 2.24. The predicted octanol–water partition coefficient (Wildman–Crippen LogP) is 2.74. The molecule has 0 fully saturated rings. The molecule has 0 bridgehead atoms. The molecule has 1 rings (SSSR count). The Balaban J connectivity index is 2.64. The van der Waals surface area contributed by atoms with Crippen molar-refractivity contribution >= 4 is 27.6 Å². The number of halogens is 1. The van der Waals surface area contributed by atoms with E-state index in [1.54, 1.807) is 19.1 Å². The molecule has 110 valence electrons. The first-order chi connectivity index (χ1) is 9.43. The summed E-state index contributed by atoms with van der Waals surface area (Å²) in [5, 5.41) is 11.0. The maximum atomic E-state index is 11.3. The number of carbonyl (C=O) groups is 1. The van der Waals surface area contributed by atoms with Crippen LogP contribution in [0.5, 0.6) is 0 Å². The van der Waals surface area contributed by atoms with Crippen LogP contribution in [0.2, 0.25) is 0 Å². The fourth-order valence-electron chi connectivity index (χ4n) is 1.73. The summed E-state index contributed by atoms with van der Waals surface area (Å²) < 4.78 is 5.51. The van der Waals surface area contributed by atoms with E-state index in [2.05, 4.69) is 15.9 Å². The summed E-state index contributed by atoms with van der Waals surface area (Å²) in [6, 6.07) is 4.96. The molecule has 20 heavy (non-hydrogen) atoms. The van der Waals surface area contributed by atoms with Crippen LogP contribution in [0.4, 0.5) is 5.69 Å². The molecule has 7 heteroatoms. The molecule has 0 saturated heterocycles. The number of ether oxygens (including phenoxy) is 1. The first-order valence-corrected chi connectivity index (χ1v) is 7.00. The van der Waals surface area contributed by atoms with Crippen molar-refractivity contribution in [1.82, 2.24) is 4.90 Å². The minimum absolute atomic E-state index is 0.0716. The van der Waals surface area contributed by atoms with Crippen LogP contribution in [-0.2, 0) is 16.1 Å². The van der Waals surface area contributed by atoms with Crippen molar-refractivity contribution in [2.75, 3.05) is 20.2 Å². The highest BCUT2D eigenvalue weighted by atomic mass is 79.9. The third-order valence-electron chi connectivity index (χ3n) is 2.69. The molecule has 0 atom stereocenters. The topological polar surface area (TPSA) is 72.7 Å². The van der Waals surface area contributed by atoms with Crippen molar-refractivity contribution in [3.8, 4) is 0 Å². The van der Waals surface area contributed by atoms with Crippen LogP contribution in [0.1, 0.15) is 18.9 Å². The first-order valence-electron chi connectivity index (χ1n) is 6.21. The zero-order valence-electron chi connectivity index (χ0n) is 11.5. The molecule has 6 nitrogen and oxygen atoms in total. The number of hydrogen-bond acceptors (Lipinski definition) is 5. The quantitative estimate of drug-likeness (QED) is 0.432. The summed E-state index contributed by atoms with van der Waals surface area (Å²) in [7, 11) is 1.81. The Morgan fingerprint density at radius 1 is 1.50 bits per heavy atom. The molecule has 0 aliphatic heterocycles. The summed E-state index contributed by atoms with van der Waals surface area (Å²) in [5.74, 6) is -0.260. The third-order valence-corrected chi connectivity index (χ3v) is 3.18. The van der Waals surface area contributed by atoms with E-state index < -0.39 is 4.92 Å². The number of nitro groups is 1. The van der Waals surface area contributed by atoms with Gasteiger partial charge in [-0.3, -0.25) is 14.9 Å². The van der Waals surface area contributed by atoms with Crippen LogP contribution in [0, 0.1) is 10.1 Å². The van der Waals surface area contributed by atoms with E-state index in [-0.39, 0.29) is 18.1 Å². The van der Waals surface area contributed by atoms with Gasteiger partial charge in [-0.25, -0.2) is 0 Å². The summed E-state index contributed by atoms with van der Waals surface area (Å²) in [4.78, 5) is 23.7. The molecule has 0 aliphatic carbocycles. The summed E-state index contributed by atoms with van der Waals surface area (Å²) >= 11 is 3.22. The van der Waals surface area contributed by atoms with E-state index in [0.29, 0.717) is 29.7 Å². The molecule has 0 unspecified atom stereocenters. The van der Waals surface area contributed by atoms with Gasteiger partial charge in [0.15, 0.2) is 0 Å². The molecular formula is C13H17BrN2O4. The summed E-state index contributed by atoms with van der Waals surface area (Å²) in [6.07, 6.45) is 0.272. The van der Waals surface area contributed by atoms with Crippen LogP contribution in [0.25, 0.3) is 0 Å². The second kappa shape index (κ2) is 7.96.